The minimum Gasteiger partial charge on any atom is -0.381 e. The number of hydrogen-bond acceptors (Lipinski definition) is 3. The second-order valence-electron chi connectivity index (χ2n) is 7.22. The van der Waals surface area contributed by atoms with E-state index in [1.165, 1.54) is 0 Å². The van der Waals surface area contributed by atoms with Crippen LogP contribution < -0.4 is 5.73 Å². The molecule has 0 radical (unpaired) electrons. The second kappa shape index (κ2) is 7.62. The van der Waals surface area contributed by atoms with Crippen LogP contribution >= 0.6 is 0 Å². The molecule has 2 aliphatic rings. The Morgan fingerprint density at radius 1 is 1.25 bits per heavy atom. The lowest BCUT2D eigenvalue weighted by Crippen LogP contribution is -2.52. The lowest BCUT2D eigenvalue weighted by atomic mass is 9.71. The molecule has 2 N–H and O–H groups in total. The van der Waals surface area contributed by atoms with Crippen LogP contribution in [0.3, 0.4) is 0 Å². The number of ether oxygens (including phenoxy) is 1. The van der Waals surface area contributed by atoms with E-state index in [0.29, 0.717) is 12.5 Å². The Labute approximate surface area is 143 Å². The standard InChI is InChI=1S/C19H27FN2O2/c20-19(14-21)10-17(11-19)18(23)22(12-15-4-2-1-3-5-15)13-16-6-8-24-9-7-16/h1-5,16-17H,6-14,21H2. The highest BCUT2D eigenvalue weighted by Crippen LogP contribution is 2.41. The minimum atomic E-state index is -1.34. The van der Waals surface area contributed by atoms with E-state index in [4.69, 9.17) is 10.5 Å². The zero-order valence-electron chi connectivity index (χ0n) is 14.1. The van der Waals surface area contributed by atoms with Crippen LogP contribution in [0.1, 0.15) is 31.2 Å². The number of alkyl halides is 1. The third-order valence-corrected chi connectivity index (χ3v) is 5.29. The van der Waals surface area contributed by atoms with Gasteiger partial charge in [0, 0.05) is 38.8 Å². The molecule has 3 rings (SSSR count). The Hall–Kier alpha value is -1.46. The minimum absolute atomic E-state index is 0.00935. The number of halogens is 1. The molecule has 1 heterocycles. The molecule has 0 spiro atoms. The number of hydrogen-bond donors (Lipinski definition) is 1. The summed E-state index contributed by atoms with van der Waals surface area (Å²) >= 11 is 0. The molecule has 1 aromatic carbocycles. The first-order valence-electron chi connectivity index (χ1n) is 8.89. The molecule has 1 aliphatic heterocycles. The van der Waals surface area contributed by atoms with Crippen LogP contribution in [-0.2, 0) is 16.1 Å². The Morgan fingerprint density at radius 3 is 2.54 bits per heavy atom. The van der Waals surface area contributed by atoms with Crippen LogP contribution in [0.2, 0.25) is 0 Å². The fourth-order valence-corrected chi connectivity index (χ4v) is 3.70. The van der Waals surface area contributed by atoms with Crippen molar-refractivity contribution in [3.8, 4) is 0 Å². The van der Waals surface area contributed by atoms with Crippen LogP contribution in [0.5, 0.6) is 0 Å². The van der Waals surface area contributed by atoms with Gasteiger partial charge in [-0.1, -0.05) is 30.3 Å². The molecule has 0 atom stereocenters. The highest BCUT2D eigenvalue weighted by molar-refractivity contribution is 5.80. The monoisotopic (exact) mass is 334 g/mol. The van der Waals surface area contributed by atoms with E-state index in [1.807, 2.05) is 35.2 Å². The Bertz CT molecular complexity index is 540. The maximum absolute atomic E-state index is 14.1. The molecule has 2 fully saturated rings. The predicted octanol–water partition coefficient (Wildman–Crippen LogP) is 2.52. The lowest BCUT2D eigenvalue weighted by Gasteiger charge is -2.42. The fraction of sp³-hybridized carbons (Fsp3) is 0.632. The number of amides is 1. The van der Waals surface area contributed by atoms with Crippen molar-refractivity contribution in [2.45, 2.75) is 37.9 Å². The molecule has 4 nitrogen and oxygen atoms in total. The second-order valence-corrected chi connectivity index (χ2v) is 7.22. The van der Waals surface area contributed by atoms with Gasteiger partial charge >= 0.3 is 0 Å². The van der Waals surface area contributed by atoms with Gasteiger partial charge in [-0.05, 0) is 37.2 Å². The molecule has 0 bridgehead atoms. The molecule has 1 amide bonds. The van der Waals surface area contributed by atoms with Crippen LogP contribution in [0.25, 0.3) is 0 Å². The van der Waals surface area contributed by atoms with Gasteiger partial charge in [-0.25, -0.2) is 4.39 Å². The highest BCUT2D eigenvalue weighted by Gasteiger charge is 2.48. The molecule has 1 aliphatic carbocycles. The van der Waals surface area contributed by atoms with Crippen LogP contribution in [-0.4, -0.2) is 42.8 Å². The highest BCUT2D eigenvalue weighted by atomic mass is 19.1. The van der Waals surface area contributed by atoms with Crippen molar-refractivity contribution < 1.29 is 13.9 Å². The van der Waals surface area contributed by atoms with Gasteiger partial charge in [0.2, 0.25) is 5.91 Å². The zero-order chi connectivity index (χ0) is 17.0. The number of benzene rings is 1. The summed E-state index contributed by atoms with van der Waals surface area (Å²) in [7, 11) is 0. The molecule has 0 unspecified atom stereocenters. The smallest absolute Gasteiger partial charge is 0.226 e. The Balaban J connectivity index is 1.65. The van der Waals surface area contributed by atoms with E-state index in [-0.39, 0.29) is 31.2 Å². The summed E-state index contributed by atoms with van der Waals surface area (Å²) < 4.78 is 19.5. The summed E-state index contributed by atoms with van der Waals surface area (Å²) in [6, 6.07) is 10.0. The summed E-state index contributed by atoms with van der Waals surface area (Å²) in [6.45, 7) is 2.87. The van der Waals surface area contributed by atoms with Crippen LogP contribution in [0, 0.1) is 11.8 Å². The SMILES string of the molecule is NCC1(F)CC(C(=O)N(Cc2ccccc2)CC2CCOCC2)C1. The van der Waals surface area contributed by atoms with Crippen LogP contribution in [0.15, 0.2) is 30.3 Å². The predicted molar refractivity (Wildman–Crippen MR) is 91.0 cm³/mol. The quantitative estimate of drug-likeness (QED) is 0.870. The molecule has 1 saturated heterocycles. The summed E-state index contributed by atoms with van der Waals surface area (Å²) in [4.78, 5) is 14.8. The third kappa shape index (κ3) is 4.14. The molecule has 0 aromatic heterocycles. The number of rotatable bonds is 6. The summed E-state index contributed by atoms with van der Waals surface area (Å²) in [5.41, 5.74) is 5.24. The van der Waals surface area contributed by atoms with Crippen molar-refractivity contribution in [2.24, 2.45) is 17.6 Å². The number of nitrogens with two attached hydrogens (primary N) is 1. The average molecular weight is 334 g/mol. The first-order chi connectivity index (χ1) is 11.6. The van der Waals surface area contributed by atoms with E-state index in [2.05, 4.69) is 0 Å². The van der Waals surface area contributed by atoms with Gasteiger partial charge in [0.1, 0.15) is 5.67 Å². The Kier molecular flexibility index (Phi) is 5.51. The molecule has 5 heteroatoms. The first kappa shape index (κ1) is 17.4. The van der Waals surface area contributed by atoms with Gasteiger partial charge < -0.3 is 15.4 Å². The third-order valence-electron chi connectivity index (χ3n) is 5.29. The number of carbonyl (C=O) groups excluding carboxylic acids is 1. The fourth-order valence-electron chi connectivity index (χ4n) is 3.70. The molecule has 24 heavy (non-hydrogen) atoms. The van der Waals surface area contributed by atoms with Gasteiger partial charge in [-0.15, -0.1) is 0 Å². The van der Waals surface area contributed by atoms with E-state index >= 15 is 0 Å². The van der Waals surface area contributed by atoms with Gasteiger partial charge in [-0.2, -0.15) is 0 Å². The maximum atomic E-state index is 14.1. The summed E-state index contributed by atoms with van der Waals surface area (Å²) in [5, 5.41) is 0. The van der Waals surface area contributed by atoms with Gasteiger partial charge in [0.25, 0.3) is 0 Å². The lowest BCUT2D eigenvalue weighted by molar-refractivity contribution is -0.146. The maximum Gasteiger partial charge on any atom is 0.226 e. The van der Waals surface area contributed by atoms with E-state index < -0.39 is 5.67 Å². The summed E-state index contributed by atoms with van der Waals surface area (Å²) in [6.07, 6.45) is 2.50. The van der Waals surface area contributed by atoms with Gasteiger partial charge in [0.05, 0.1) is 0 Å². The molecular formula is C19H27FN2O2. The molecule has 1 saturated carbocycles. The normalized spacial score (nSPS) is 27.5. The van der Waals surface area contributed by atoms with Crippen molar-refractivity contribution in [1.82, 2.24) is 4.90 Å². The average Bonchev–Trinajstić information content (AvgIpc) is 2.59. The van der Waals surface area contributed by atoms with Gasteiger partial charge in [0.15, 0.2) is 0 Å². The Morgan fingerprint density at radius 2 is 1.92 bits per heavy atom. The number of nitrogens with zero attached hydrogens (tertiary/aromatic N) is 1. The van der Waals surface area contributed by atoms with E-state index in [0.717, 1.165) is 38.2 Å². The molecule has 132 valence electrons. The largest absolute Gasteiger partial charge is 0.381 e. The topological polar surface area (TPSA) is 55.6 Å². The van der Waals surface area contributed by atoms with Gasteiger partial charge in [-0.3, -0.25) is 4.79 Å². The first-order valence-corrected chi connectivity index (χ1v) is 8.89. The molecule has 1 aromatic rings. The zero-order valence-corrected chi connectivity index (χ0v) is 14.1. The molecular weight excluding hydrogens is 307 g/mol. The van der Waals surface area contributed by atoms with E-state index in [9.17, 15) is 9.18 Å². The van der Waals surface area contributed by atoms with Crippen molar-refractivity contribution in [2.75, 3.05) is 26.3 Å². The van der Waals surface area contributed by atoms with Crippen molar-refractivity contribution in [1.29, 1.82) is 0 Å². The number of carbonyl (C=O) groups is 1. The van der Waals surface area contributed by atoms with Crippen LogP contribution in [0.4, 0.5) is 4.39 Å². The summed E-state index contributed by atoms with van der Waals surface area (Å²) in [5.74, 6) is 0.324. The van der Waals surface area contributed by atoms with Crippen molar-refractivity contribution in [3.05, 3.63) is 35.9 Å². The van der Waals surface area contributed by atoms with E-state index in [1.54, 1.807) is 0 Å². The van der Waals surface area contributed by atoms with Crippen molar-refractivity contribution >= 4 is 5.91 Å². The van der Waals surface area contributed by atoms with Crippen molar-refractivity contribution in [3.63, 3.8) is 0 Å².